The van der Waals surface area contributed by atoms with Crippen molar-refractivity contribution in [2.45, 2.75) is 26.2 Å². The van der Waals surface area contributed by atoms with E-state index >= 15 is 0 Å². The van der Waals surface area contributed by atoms with Gasteiger partial charge in [-0.05, 0) is 43.4 Å². The van der Waals surface area contributed by atoms with E-state index in [1.165, 1.54) is 4.88 Å². The first-order chi connectivity index (χ1) is 10.0. The largest absolute Gasteiger partial charge is 0.298 e. The Labute approximate surface area is 137 Å². The molecule has 1 amide bonds. The number of aryl methyl sites for hydroxylation is 1. The number of fused-ring (bicyclic) bond motifs is 1. The summed E-state index contributed by atoms with van der Waals surface area (Å²) in [7, 11) is 0. The van der Waals surface area contributed by atoms with E-state index in [0.717, 1.165) is 25.0 Å². The number of carbonyl (C=O) groups is 1. The van der Waals surface area contributed by atoms with Gasteiger partial charge in [-0.3, -0.25) is 10.1 Å². The summed E-state index contributed by atoms with van der Waals surface area (Å²) in [4.78, 5) is 18.0. The van der Waals surface area contributed by atoms with Gasteiger partial charge in [0, 0.05) is 20.5 Å². The molecule has 6 heteroatoms. The summed E-state index contributed by atoms with van der Waals surface area (Å²) in [5.41, 5.74) is 1.56. The maximum Gasteiger partial charge on any atom is 0.257 e. The lowest BCUT2D eigenvalue weighted by Gasteiger charge is -2.15. The summed E-state index contributed by atoms with van der Waals surface area (Å²) in [5, 5.41) is 4.37. The minimum absolute atomic E-state index is 0.237. The van der Waals surface area contributed by atoms with Crippen LogP contribution in [0.3, 0.4) is 0 Å². The molecule has 1 aliphatic carbocycles. The number of halogens is 2. The van der Waals surface area contributed by atoms with Crippen molar-refractivity contribution >= 4 is 45.6 Å². The molecule has 0 aliphatic heterocycles. The van der Waals surface area contributed by atoms with Gasteiger partial charge in [0.2, 0.25) is 0 Å². The van der Waals surface area contributed by atoms with Crippen LogP contribution in [0, 0.1) is 5.92 Å². The number of rotatable bonds is 2. The van der Waals surface area contributed by atoms with Crippen molar-refractivity contribution in [3.05, 3.63) is 44.4 Å². The first kappa shape index (κ1) is 14.8. The summed E-state index contributed by atoms with van der Waals surface area (Å²) in [6.07, 6.45) is 3.20. The number of nitrogens with zero attached hydrogens (tertiary/aromatic N) is 1. The Morgan fingerprint density at radius 2 is 2.05 bits per heavy atom. The van der Waals surface area contributed by atoms with E-state index in [9.17, 15) is 4.79 Å². The molecule has 1 aromatic heterocycles. The van der Waals surface area contributed by atoms with Gasteiger partial charge in [0.15, 0.2) is 5.13 Å². The molecule has 3 nitrogen and oxygen atoms in total. The molecule has 3 rings (SSSR count). The Balaban J connectivity index is 1.79. The highest BCUT2D eigenvalue weighted by Gasteiger charge is 2.20. The number of hydrogen-bond donors (Lipinski definition) is 1. The quantitative estimate of drug-likeness (QED) is 0.850. The number of amides is 1. The van der Waals surface area contributed by atoms with Crippen LogP contribution >= 0.6 is 34.5 Å². The fraction of sp³-hybridized carbons (Fsp3) is 0.333. The van der Waals surface area contributed by atoms with Crippen LogP contribution in [0.5, 0.6) is 0 Å². The van der Waals surface area contributed by atoms with Crippen LogP contribution in [0.25, 0.3) is 0 Å². The molecule has 1 aliphatic rings. The molecule has 2 aromatic rings. The number of nitrogens with one attached hydrogen (secondary N) is 1. The number of aromatic nitrogens is 1. The lowest BCUT2D eigenvalue weighted by Crippen LogP contribution is -2.12. The number of thiazole rings is 1. The molecule has 21 heavy (non-hydrogen) atoms. The third kappa shape index (κ3) is 3.39. The topological polar surface area (TPSA) is 42.0 Å². The van der Waals surface area contributed by atoms with Gasteiger partial charge in [-0.25, -0.2) is 4.98 Å². The third-order valence-corrected chi connectivity index (χ3v) is 5.00. The zero-order valence-corrected chi connectivity index (χ0v) is 13.8. The number of hydrogen-bond acceptors (Lipinski definition) is 3. The molecule has 0 fully saturated rings. The summed E-state index contributed by atoms with van der Waals surface area (Å²) in [6.45, 7) is 2.24. The van der Waals surface area contributed by atoms with Crippen molar-refractivity contribution < 1.29 is 4.79 Å². The molecular formula is C15H14Cl2N2OS. The lowest BCUT2D eigenvalue weighted by molar-refractivity contribution is 0.102. The van der Waals surface area contributed by atoms with Gasteiger partial charge >= 0.3 is 0 Å². The van der Waals surface area contributed by atoms with Gasteiger partial charge in [0.05, 0.1) is 5.69 Å². The standard InChI is InChI=1S/C15H14Cl2N2OS/c1-8-2-3-12-13(4-8)21-15(18-12)19-14(20)9-5-10(16)7-11(17)6-9/h5-8H,2-4H2,1H3,(H,18,19,20)/t8-/m0/s1. The number of benzene rings is 1. The molecule has 1 atom stereocenters. The van der Waals surface area contributed by atoms with E-state index in [0.29, 0.717) is 26.7 Å². The van der Waals surface area contributed by atoms with E-state index in [1.54, 1.807) is 29.5 Å². The van der Waals surface area contributed by atoms with Gasteiger partial charge in [0.1, 0.15) is 0 Å². The van der Waals surface area contributed by atoms with Crippen molar-refractivity contribution in [1.29, 1.82) is 0 Å². The summed E-state index contributed by atoms with van der Waals surface area (Å²) >= 11 is 13.4. The second kappa shape index (κ2) is 5.95. The molecule has 0 spiro atoms. The van der Waals surface area contributed by atoms with Gasteiger partial charge in [-0.1, -0.05) is 30.1 Å². The van der Waals surface area contributed by atoms with Gasteiger partial charge in [-0.15, -0.1) is 11.3 Å². The maximum atomic E-state index is 12.2. The van der Waals surface area contributed by atoms with Crippen LogP contribution in [0.1, 0.15) is 34.3 Å². The van der Waals surface area contributed by atoms with Gasteiger partial charge in [0.25, 0.3) is 5.91 Å². The highest BCUT2D eigenvalue weighted by molar-refractivity contribution is 7.15. The summed E-state index contributed by atoms with van der Waals surface area (Å²) in [6, 6.07) is 4.79. The lowest BCUT2D eigenvalue weighted by atomic mass is 9.93. The Morgan fingerprint density at radius 3 is 2.76 bits per heavy atom. The van der Waals surface area contributed by atoms with Crippen molar-refractivity contribution in [1.82, 2.24) is 4.98 Å². The molecular weight excluding hydrogens is 327 g/mol. The average Bonchev–Trinajstić information content (AvgIpc) is 2.78. The van der Waals surface area contributed by atoms with Crippen molar-refractivity contribution in [2.24, 2.45) is 5.92 Å². The maximum absolute atomic E-state index is 12.2. The Hall–Kier alpha value is -1.10. The fourth-order valence-corrected chi connectivity index (χ4v) is 4.14. The second-order valence-electron chi connectivity index (χ2n) is 5.35. The molecule has 0 bridgehead atoms. The molecule has 1 aromatic carbocycles. The molecule has 0 saturated carbocycles. The third-order valence-electron chi connectivity index (χ3n) is 3.53. The average molecular weight is 341 g/mol. The van der Waals surface area contributed by atoms with Crippen molar-refractivity contribution in [3.8, 4) is 0 Å². The zero-order valence-electron chi connectivity index (χ0n) is 11.5. The van der Waals surface area contributed by atoms with Crippen LogP contribution < -0.4 is 5.32 Å². The summed E-state index contributed by atoms with van der Waals surface area (Å²) in [5.74, 6) is 0.451. The number of anilines is 1. The fourth-order valence-electron chi connectivity index (χ4n) is 2.45. The molecule has 0 saturated heterocycles. The molecule has 0 radical (unpaired) electrons. The predicted molar refractivity (Wildman–Crippen MR) is 87.7 cm³/mol. The predicted octanol–water partition coefficient (Wildman–Crippen LogP) is 4.83. The Bertz CT molecular complexity index is 679. The number of carbonyl (C=O) groups excluding carboxylic acids is 1. The monoisotopic (exact) mass is 340 g/mol. The Kier molecular flexibility index (Phi) is 4.20. The minimum Gasteiger partial charge on any atom is -0.298 e. The van der Waals surface area contributed by atoms with Gasteiger partial charge in [-0.2, -0.15) is 0 Å². The molecule has 110 valence electrons. The van der Waals surface area contributed by atoms with Crippen LogP contribution in [0.4, 0.5) is 5.13 Å². The van der Waals surface area contributed by atoms with Crippen LogP contribution in [-0.4, -0.2) is 10.9 Å². The highest BCUT2D eigenvalue weighted by atomic mass is 35.5. The molecule has 1 heterocycles. The van der Waals surface area contributed by atoms with Crippen molar-refractivity contribution in [2.75, 3.05) is 5.32 Å². The Morgan fingerprint density at radius 1 is 1.33 bits per heavy atom. The minimum atomic E-state index is -0.237. The van der Waals surface area contributed by atoms with E-state index in [4.69, 9.17) is 23.2 Å². The molecule has 0 unspecified atom stereocenters. The van der Waals surface area contributed by atoms with Crippen LogP contribution in [0.2, 0.25) is 10.0 Å². The normalized spacial score (nSPS) is 17.4. The second-order valence-corrected chi connectivity index (χ2v) is 7.31. The molecule has 1 N–H and O–H groups in total. The first-order valence-corrected chi connectivity index (χ1v) is 8.34. The first-order valence-electron chi connectivity index (χ1n) is 6.77. The van der Waals surface area contributed by atoms with E-state index in [-0.39, 0.29) is 5.91 Å². The van der Waals surface area contributed by atoms with E-state index < -0.39 is 0 Å². The van der Waals surface area contributed by atoms with E-state index in [2.05, 4.69) is 17.2 Å². The van der Waals surface area contributed by atoms with Crippen LogP contribution in [-0.2, 0) is 12.8 Å². The van der Waals surface area contributed by atoms with Crippen LogP contribution in [0.15, 0.2) is 18.2 Å². The van der Waals surface area contributed by atoms with Crippen molar-refractivity contribution in [3.63, 3.8) is 0 Å². The zero-order chi connectivity index (χ0) is 15.0. The smallest absolute Gasteiger partial charge is 0.257 e. The SMILES string of the molecule is C[C@H]1CCc2nc(NC(=O)c3cc(Cl)cc(Cl)c3)sc2C1. The highest BCUT2D eigenvalue weighted by Crippen LogP contribution is 2.32. The van der Waals surface area contributed by atoms with E-state index in [1.807, 2.05) is 0 Å². The van der Waals surface area contributed by atoms with Gasteiger partial charge < -0.3 is 0 Å². The summed E-state index contributed by atoms with van der Waals surface area (Å²) < 4.78 is 0.